The smallest absolute Gasteiger partial charge is 0.325 e. The van der Waals surface area contributed by atoms with Crippen molar-refractivity contribution in [1.82, 2.24) is 49.8 Å². The number of aromatic amines is 3. The number of fused-ring (bicyclic) bond motifs is 2. The van der Waals surface area contributed by atoms with Crippen molar-refractivity contribution >= 4 is 57.1 Å². The van der Waals surface area contributed by atoms with E-state index in [0.29, 0.717) is 82.4 Å². The lowest BCUT2D eigenvalue weighted by atomic mass is 10.00. The van der Waals surface area contributed by atoms with Gasteiger partial charge in [-0.3, -0.25) is 24.9 Å². The Labute approximate surface area is 318 Å². The summed E-state index contributed by atoms with van der Waals surface area (Å²) < 4.78 is 27.8. The van der Waals surface area contributed by atoms with Crippen molar-refractivity contribution in [2.24, 2.45) is 0 Å². The molecule has 0 aliphatic rings. The summed E-state index contributed by atoms with van der Waals surface area (Å²) in [7, 11) is 0. The highest BCUT2D eigenvalue weighted by Gasteiger charge is 2.20. The third-order valence-corrected chi connectivity index (χ3v) is 9.18. The molecule has 0 amide bonds. The second kappa shape index (κ2) is 14.5. The average molecular weight is 778 g/mol. The molecular weight excluding hydrogens is 757 g/mol. The summed E-state index contributed by atoms with van der Waals surface area (Å²) in [6, 6.07) is 16.4. The van der Waals surface area contributed by atoms with Gasteiger partial charge in [-0.05, 0) is 60.7 Å². The van der Waals surface area contributed by atoms with E-state index in [9.17, 15) is 13.6 Å². The van der Waals surface area contributed by atoms with Gasteiger partial charge >= 0.3 is 5.69 Å². The van der Waals surface area contributed by atoms with Gasteiger partial charge in [0.2, 0.25) is 0 Å². The normalized spacial score (nSPS) is 11.1. The molecule has 0 atom stereocenters. The van der Waals surface area contributed by atoms with Crippen LogP contribution >= 0.6 is 34.8 Å². The molecule has 0 aliphatic heterocycles. The van der Waals surface area contributed by atoms with Gasteiger partial charge in [-0.15, -0.1) is 0 Å². The number of hydrogen-bond acceptors (Lipinski definition) is 8. The molecule has 54 heavy (non-hydrogen) atoms. The molecule has 8 heterocycles. The minimum absolute atomic E-state index is 0.331. The van der Waals surface area contributed by atoms with Crippen LogP contribution in [0.2, 0.25) is 15.1 Å². The second-order valence-corrected chi connectivity index (χ2v) is 12.9. The average Bonchev–Trinajstić information content (AvgIpc) is 3.77. The van der Waals surface area contributed by atoms with Crippen LogP contribution in [0.4, 0.5) is 8.78 Å². The number of imidazole rings is 2. The molecule has 0 spiro atoms. The molecule has 0 fully saturated rings. The lowest BCUT2D eigenvalue weighted by molar-refractivity contribution is 0.625. The largest absolute Gasteiger partial charge is 0.337 e. The fourth-order valence-electron chi connectivity index (χ4n) is 5.79. The summed E-state index contributed by atoms with van der Waals surface area (Å²) in [6.07, 6.45) is 12.1. The maximum atomic E-state index is 14.6. The molecule has 0 saturated carbocycles. The van der Waals surface area contributed by atoms with Crippen molar-refractivity contribution in [3.8, 4) is 56.2 Å². The molecule has 0 bridgehead atoms. The van der Waals surface area contributed by atoms with Crippen molar-refractivity contribution in [3.05, 3.63) is 147 Å². The molecule has 0 saturated heterocycles. The lowest BCUT2D eigenvalue weighted by Crippen LogP contribution is -1.99. The summed E-state index contributed by atoms with van der Waals surface area (Å²) in [5.41, 5.74) is 7.13. The second-order valence-electron chi connectivity index (χ2n) is 11.6. The van der Waals surface area contributed by atoms with Crippen molar-refractivity contribution in [3.63, 3.8) is 0 Å². The van der Waals surface area contributed by atoms with Gasteiger partial charge in [0.05, 0.1) is 43.7 Å². The molecule has 264 valence electrons. The standard InChI is InChI=1S/C22H12ClF2N5.C16H9Cl2N5O/c23-17-10-26-8-6-15(17)20-16(14-5-7-27-11-18(14)25)9-19-22(29-20)30-21(28-19)12-1-3-13(24)4-2-12;17-11-6-19-3-1-8(11)10-5-13-15(23-16(24)21-13)22-14(10)9-2-4-20-7-12(9)18/h1-11H,(H,28,29,30);1-7H,(H2,21,22,23,24). The van der Waals surface area contributed by atoms with Crippen molar-refractivity contribution in [2.75, 3.05) is 0 Å². The van der Waals surface area contributed by atoms with Gasteiger partial charge in [0.25, 0.3) is 0 Å². The van der Waals surface area contributed by atoms with Crippen LogP contribution in [0.1, 0.15) is 0 Å². The number of hydrogen-bond donors (Lipinski definition) is 3. The molecule has 1 aromatic carbocycles. The van der Waals surface area contributed by atoms with Crippen LogP contribution in [0.25, 0.3) is 78.5 Å². The predicted octanol–water partition coefficient (Wildman–Crippen LogP) is 9.36. The highest BCUT2D eigenvalue weighted by molar-refractivity contribution is 6.34. The Morgan fingerprint density at radius 2 is 1.06 bits per heavy atom. The fourth-order valence-corrected chi connectivity index (χ4v) is 6.43. The molecular formula is C38H21Cl3F2N10O. The number of H-pyrrole nitrogens is 3. The Morgan fingerprint density at radius 3 is 1.67 bits per heavy atom. The SMILES string of the molecule is Fc1ccc(-c2nc3nc(-c4ccncc4Cl)c(-c4ccncc4F)cc3[nH]2)cc1.O=c1[nH]c2cc(-c3ccncc3Cl)c(-c3ccncc3Cl)nc2[nH]1. The topological polar surface area (TPSA) is 155 Å². The van der Waals surface area contributed by atoms with Crippen LogP contribution in [-0.2, 0) is 0 Å². The highest BCUT2D eigenvalue weighted by Crippen LogP contribution is 2.39. The quantitative estimate of drug-likeness (QED) is 0.156. The Kier molecular flexibility index (Phi) is 9.34. The number of pyridine rings is 6. The van der Waals surface area contributed by atoms with Crippen molar-refractivity contribution in [1.29, 1.82) is 0 Å². The summed E-state index contributed by atoms with van der Waals surface area (Å²) in [5.74, 6) is -0.293. The molecule has 9 rings (SSSR count). The van der Waals surface area contributed by atoms with Gasteiger partial charge in [-0.2, -0.15) is 0 Å². The molecule has 16 heteroatoms. The molecule has 0 unspecified atom stereocenters. The first-order chi connectivity index (χ1) is 26.2. The zero-order valence-corrected chi connectivity index (χ0v) is 29.6. The van der Waals surface area contributed by atoms with Crippen LogP contribution < -0.4 is 5.69 Å². The Hall–Kier alpha value is -6.41. The number of nitrogens with zero attached hydrogens (tertiary/aromatic N) is 7. The number of benzene rings is 1. The van der Waals surface area contributed by atoms with E-state index < -0.39 is 5.82 Å². The fraction of sp³-hybridized carbons (Fsp3) is 0. The van der Waals surface area contributed by atoms with E-state index >= 15 is 0 Å². The number of halogens is 5. The Morgan fingerprint density at radius 1 is 0.519 bits per heavy atom. The molecule has 0 aliphatic carbocycles. The molecule has 9 aromatic rings. The molecule has 11 nitrogen and oxygen atoms in total. The minimum atomic E-state index is -0.483. The third-order valence-electron chi connectivity index (χ3n) is 8.27. The van der Waals surface area contributed by atoms with Gasteiger partial charge in [-0.1, -0.05) is 34.8 Å². The monoisotopic (exact) mass is 776 g/mol. The van der Waals surface area contributed by atoms with Crippen molar-refractivity contribution in [2.45, 2.75) is 0 Å². The van der Waals surface area contributed by atoms with E-state index in [1.807, 2.05) is 6.07 Å². The van der Waals surface area contributed by atoms with Gasteiger partial charge in [0.15, 0.2) is 11.3 Å². The third kappa shape index (κ3) is 6.78. The lowest BCUT2D eigenvalue weighted by Gasteiger charge is -2.11. The van der Waals surface area contributed by atoms with Gasteiger partial charge in [0, 0.05) is 82.3 Å². The van der Waals surface area contributed by atoms with E-state index in [-0.39, 0.29) is 11.5 Å². The van der Waals surface area contributed by atoms with Crippen LogP contribution in [0.15, 0.2) is 115 Å². The Bertz CT molecular complexity index is 2730. The number of nitrogens with one attached hydrogen (secondary N) is 3. The maximum Gasteiger partial charge on any atom is 0.325 e. The highest BCUT2D eigenvalue weighted by atomic mass is 35.5. The molecule has 3 N–H and O–H groups in total. The first kappa shape index (κ1) is 34.7. The van der Waals surface area contributed by atoms with Crippen LogP contribution in [0.5, 0.6) is 0 Å². The Balaban J connectivity index is 0.000000157. The van der Waals surface area contributed by atoms with E-state index in [1.165, 1.54) is 24.5 Å². The van der Waals surface area contributed by atoms with E-state index in [0.717, 1.165) is 17.3 Å². The van der Waals surface area contributed by atoms with E-state index in [1.54, 1.807) is 73.4 Å². The molecule has 0 radical (unpaired) electrons. The van der Waals surface area contributed by atoms with Gasteiger partial charge in [0.1, 0.15) is 17.5 Å². The van der Waals surface area contributed by atoms with Crippen molar-refractivity contribution < 1.29 is 8.78 Å². The van der Waals surface area contributed by atoms with E-state index in [2.05, 4.69) is 49.8 Å². The maximum absolute atomic E-state index is 14.6. The summed E-state index contributed by atoms with van der Waals surface area (Å²) in [5, 5.41) is 1.31. The number of aromatic nitrogens is 10. The zero-order chi connectivity index (χ0) is 37.3. The summed E-state index contributed by atoms with van der Waals surface area (Å²) in [4.78, 5) is 49.7. The zero-order valence-electron chi connectivity index (χ0n) is 27.3. The first-order valence-corrected chi connectivity index (χ1v) is 17.1. The van der Waals surface area contributed by atoms with E-state index in [4.69, 9.17) is 34.8 Å². The van der Waals surface area contributed by atoms with Crippen LogP contribution in [-0.4, -0.2) is 49.8 Å². The number of rotatable bonds is 5. The van der Waals surface area contributed by atoms with Gasteiger partial charge < -0.3 is 9.97 Å². The molecule has 8 aromatic heterocycles. The summed E-state index contributed by atoms with van der Waals surface area (Å²) >= 11 is 18.9. The predicted molar refractivity (Wildman–Crippen MR) is 204 cm³/mol. The van der Waals surface area contributed by atoms with Crippen LogP contribution in [0.3, 0.4) is 0 Å². The minimum Gasteiger partial charge on any atom is -0.337 e. The summed E-state index contributed by atoms with van der Waals surface area (Å²) in [6.45, 7) is 0. The van der Waals surface area contributed by atoms with Crippen LogP contribution in [0, 0.1) is 11.6 Å². The first-order valence-electron chi connectivity index (χ1n) is 15.9. The van der Waals surface area contributed by atoms with Gasteiger partial charge in [-0.25, -0.2) is 28.5 Å².